The number of H-pyrrole nitrogens is 1. The molecule has 1 aromatic rings. The molecule has 2 N–H and O–H groups in total. The van der Waals surface area contributed by atoms with Gasteiger partial charge in [-0.05, 0) is 84.3 Å². The van der Waals surface area contributed by atoms with Crippen LogP contribution in [0.2, 0.25) is 0 Å². The highest BCUT2D eigenvalue weighted by Gasteiger charge is 2.26. The second-order valence-corrected chi connectivity index (χ2v) is 8.69. The van der Waals surface area contributed by atoms with Gasteiger partial charge in [0.05, 0.1) is 27.2 Å². The molecule has 31 heavy (non-hydrogen) atoms. The number of aromatic amines is 1. The van der Waals surface area contributed by atoms with Crippen molar-refractivity contribution in [3.63, 3.8) is 0 Å². The number of nitro groups is 1. The van der Waals surface area contributed by atoms with E-state index in [0.29, 0.717) is 37.4 Å². The molecule has 166 valence electrons. The molecule has 0 bridgehead atoms. The molecule has 11 heteroatoms. The maximum absolute atomic E-state index is 11.9. The van der Waals surface area contributed by atoms with Crippen LogP contribution in [0.15, 0.2) is 65.5 Å². The topological polar surface area (TPSA) is 109 Å². The summed E-state index contributed by atoms with van der Waals surface area (Å²) < 4.78 is 2.71. The van der Waals surface area contributed by atoms with Gasteiger partial charge in [-0.15, -0.1) is 0 Å². The van der Waals surface area contributed by atoms with Gasteiger partial charge in [0, 0.05) is 17.5 Å². The first-order valence-electron chi connectivity index (χ1n) is 9.19. The van der Waals surface area contributed by atoms with Gasteiger partial charge in [-0.1, -0.05) is 6.58 Å². The van der Waals surface area contributed by atoms with Gasteiger partial charge < -0.3 is 0 Å². The van der Waals surface area contributed by atoms with Crippen LogP contribution in [-0.4, -0.2) is 26.4 Å². The summed E-state index contributed by atoms with van der Waals surface area (Å²) in [7, 11) is 0. The Morgan fingerprint density at radius 3 is 2.35 bits per heavy atom. The van der Waals surface area contributed by atoms with Gasteiger partial charge in [-0.25, -0.2) is 10.0 Å². The highest BCUT2D eigenvalue weighted by atomic mass is 79.9. The van der Waals surface area contributed by atoms with Crippen molar-refractivity contribution < 1.29 is 4.92 Å². The second-order valence-electron chi connectivity index (χ2n) is 7.10. The molecule has 1 aliphatic heterocycles. The lowest BCUT2D eigenvalue weighted by molar-refractivity contribution is -0.427. The third-order valence-electron chi connectivity index (χ3n) is 5.06. The number of hydrogen-bond acceptors (Lipinski definition) is 6. The van der Waals surface area contributed by atoms with Crippen molar-refractivity contribution >= 4 is 44.3 Å². The van der Waals surface area contributed by atoms with Crippen molar-refractivity contribution in [1.82, 2.24) is 20.2 Å². The Labute approximate surface area is 197 Å². The molecular weight excluding hydrogens is 532 g/mol. The van der Waals surface area contributed by atoms with Crippen molar-refractivity contribution in [3.05, 3.63) is 81.8 Å². The molecule has 0 amide bonds. The Balaban J connectivity index is 2.43. The SMILES string of the molecule is C=NC1=C(Br)C(=C)NN1/C(C)=C(\C)C/C(=C/C(C)=C(\C)n1[nH]c(=O)c(Br)c1C)[N+](=O)[O-]. The van der Waals surface area contributed by atoms with E-state index >= 15 is 0 Å². The summed E-state index contributed by atoms with van der Waals surface area (Å²) in [6.45, 7) is 16.5. The summed E-state index contributed by atoms with van der Waals surface area (Å²) in [4.78, 5) is 27.2. The third-order valence-corrected chi connectivity index (χ3v) is 6.83. The molecule has 0 unspecified atom stereocenters. The summed E-state index contributed by atoms with van der Waals surface area (Å²) >= 11 is 6.65. The standard InChI is InChI=1S/C20H24Br2N6O3/c1-10(13(4)26-15(6)18(22)20(29)25-26)8-16(28(30)31)9-11(2)14(5)27-19(23-7)17(21)12(3)24-27/h8,24H,3,7,9H2,1-2,4-6H3,(H,25,29)/b13-10+,14-11+,16-8-. The number of nitrogens with zero attached hydrogens (tertiary/aromatic N) is 4. The van der Waals surface area contributed by atoms with E-state index in [4.69, 9.17) is 0 Å². The number of rotatable bonds is 7. The number of hydrogen-bond donors (Lipinski definition) is 2. The smallest absolute Gasteiger partial charge is 0.278 e. The molecule has 0 spiro atoms. The van der Waals surface area contributed by atoms with Gasteiger partial charge in [-0.2, -0.15) is 0 Å². The van der Waals surface area contributed by atoms with Crippen molar-refractivity contribution in [1.29, 1.82) is 0 Å². The summed E-state index contributed by atoms with van der Waals surface area (Å²) in [5.74, 6) is 0.540. The largest absolute Gasteiger partial charge is 0.292 e. The molecule has 1 aromatic heterocycles. The maximum Gasteiger partial charge on any atom is 0.278 e. The lowest BCUT2D eigenvalue weighted by Crippen LogP contribution is -2.29. The van der Waals surface area contributed by atoms with E-state index in [1.165, 1.54) is 6.08 Å². The van der Waals surface area contributed by atoms with Gasteiger partial charge in [0.25, 0.3) is 11.3 Å². The Bertz CT molecular complexity index is 1150. The summed E-state index contributed by atoms with van der Waals surface area (Å²) in [5, 5.41) is 16.2. The highest BCUT2D eigenvalue weighted by molar-refractivity contribution is 9.12. The lowest BCUT2D eigenvalue weighted by atomic mass is 10.1. The van der Waals surface area contributed by atoms with Crippen LogP contribution in [-0.2, 0) is 0 Å². The average molecular weight is 556 g/mol. The Morgan fingerprint density at radius 1 is 1.26 bits per heavy atom. The van der Waals surface area contributed by atoms with Crippen molar-refractivity contribution in [2.24, 2.45) is 4.99 Å². The fourth-order valence-electron chi connectivity index (χ4n) is 2.97. The van der Waals surface area contributed by atoms with Gasteiger partial charge in [0.1, 0.15) is 4.47 Å². The van der Waals surface area contributed by atoms with Crippen LogP contribution in [0.4, 0.5) is 0 Å². The highest BCUT2D eigenvalue weighted by Crippen LogP contribution is 2.32. The zero-order valence-corrected chi connectivity index (χ0v) is 21.1. The quantitative estimate of drug-likeness (QED) is 0.214. The molecule has 0 aromatic carbocycles. The molecule has 0 aliphatic carbocycles. The maximum atomic E-state index is 11.9. The van der Waals surface area contributed by atoms with Gasteiger partial charge in [-0.3, -0.25) is 30.1 Å². The molecule has 9 nitrogen and oxygen atoms in total. The molecule has 0 radical (unpaired) electrons. The van der Waals surface area contributed by atoms with Crippen LogP contribution in [0.3, 0.4) is 0 Å². The fraction of sp³-hybridized carbons (Fsp3) is 0.300. The Hall–Kier alpha value is -2.66. The zero-order valence-electron chi connectivity index (χ0n) is 18.0. The van der Waals surface area contributed by atoms with E-state index in [9.17, 15) is 14.9 Å². The predicted octanol–water partition coefficient (Wildman–Crippen LogP) is 4.94. The van der Waals surface area contributed by atoms with E-state index in [1.54, 1.807) is 30.5 Å². The third kappa shape index (κ3) is 4.99. The predicted molar refractivity (Wildman–Crippen MR) is 130 cm³/mol. The molecule has 0 atom stereocenters. The minimum absolute atomic E-state index is 0.0223. The first kappa shape index (κ1) is 24.6. The van der Waals surface area contributed by atoms with Crippen LogP contribution >= 0.6 is 31.9 Å². The van der Waals surface area contributed by atoms with Gasteiger partial charge in [0.15, 0.2) is 5.82 Å². The molecular formula is C20H24Br2N6O3. The Kier molecular flexibility index (Phi) is 7.66. The van der Waals surface area contributed by atoms with E-state index in [1.807, 2.05) is 13.8 Å². The minimum atomic E-state index is -0.399. The number of hydrazine groups is 1. The number of nitrogens with one attached hydrogen (secondary N) is 2. The van der Waals surface area contributed by atoms with E-state index < -0.39 is 4.92 Å². The second kappa shape index (κ2) is 9.65. The van der Waals surface area contributed by atoms with Crippen LogP contribution in [0.25, 0.3) is 5.70 Å². The van der Waals surface area contributed by atoms with Gasteiger partial charge >= 0.3 is 0 Å². The number of allylic oxidation sites excluding steroid dienone is 6. The van der Waals surface area contributed by atoms with Crippen LogP contribution < -0.4 is 11.0 Å². The van der Waals surface area contributed by atoms with Crippen molar-refractivity contribution in [3.8, 4) is 0 Å². The first-order valence-corrected chi connectivity index (χ1v) is 10.8. The van der Waals surface area contributed by atoms with E-state index in [0.717, 1.165) is 11.3 Å². The molecule has 1 aliphatic rings. The molecule has 0 saturated carbocycles. The molecule has 0 saturated heterocycles. The summed E-state index contributed by atoms with van der Waals surface area (Å²) in [6.07, 6.45) is 1.63. The number of halogens is 2. The monoisotopic (exact) mass is 554 g/mol. The minimum Gasteiger partial charge on any atom is -0.292 e. The average Bonchev–Trinajstić information content (AvgIpc) is 3.15. The molecule has 0 fully saturated rings. The van der Waals surface area contributed by atoms with Gasteiger partial charge in [0.2, 0.25) is 0 Å². The van der Waals surface area contributed by atoms with E-state index in [2.05, 4.69) is 60.7 Å². The lowest BCUT2D eigenvalue weighted by Gasteiger charge is -2.22. The zero-order chi connectivity index (χ0) is 23.6. The van der Waals surface area contributed by atoms with Crippen molar-refractivity contribution in [2.75, 3.05) is 0 Å². The number of aliphatic imine (C=N–C) groups is 1. The van der Waals surface area contributed by atoms with Crippen molar-refractivity contribution in [2.45, 2.75) is 41.0 Å². The molecule has 2 rings (SSSR count). The summed E-state index contributed by atoms with van der Waals surface area (Å²) in [5.41, 5.74) is 6.99. The van der Waals surface area contributed by atoms with Crippen LogP contribution in [0.1, 0.15) is 39.8 Å². The first-order chi connectivity index (χ1) is 14.4. The van der Waals surface area contributed by atoms with Crippen LogP contribution in [0.5, 0.6) is 0 Å². The van der Waals surface area contributed by atoms with E-state index in [-0.39, 0.29) is 17.7 Å². The normalized spacial score (nSPS) is 16.3. The number of aromatic nitrogens is 2. The summed E-state index contributed by atoms with van der Waals surface area (Å²) in [6, 6.07) is 0. The fourth-order valence-corrected chi connectivity index (χ4v) is 3.63. The van der Waals surface area contributed by atoms with Crippen LogP contribution in [0, 0.1) is 17.0 Å². The molecule has 2 heterocycles. The Morgan fingerprint density at radius 2 is 1.87 bits per heavy atom.